The van der Waals surface area contributed by atoms with E-state index in [2.05, 4.69) is 15.3 Å². The molecule has 0 saturated carbocycles. The van der Waals surface area contributed by atoms with Crippen molar-refractivity contribution in [2.24, 2.45) is 5.14 Å². The average Bonchev–Trinajstić information content (AvgIpc) is 2.67. The first-order valence-electron chi connectivity index (χ1n) is 8.18. The van der Waals surface area contributed by atoms with E-state index in [4.69, 9.17) is 15.6 Å². The predicted molar refractivity (Wildman–Crippen MR) is 109 cm³/mol. The molecule has 28 heavy (non-hydrogen) atoms. The van der Waals surface area contributed by atoms with Crippen molar-refractivity contribution < 1.29 is 13.2 Å². The van der Waals surface area contributed by atoms with E-state index in [1.165, 1.54) is 25.3 Å². The van der Waals surface area contributed by atoms with Gasteiger partial charge < -0.3 is 20.7 Å². The molecule has 0 aliphatic carbocycles. The van der Waals surface area contributed by atoms with Crippen molar-refractivity contribution in [1.29, 1.82) is 0 Å². The van der Waals surface area contributed by atoms with Crippen molar-refractivity contribution in [3.8, 4) is 5.75 Å². The Kier molecular flexibility index (Phi) is 5.34. The second-order valence-corrected chi connectivity index (χ2v) is 7.48. The van der Waals surface area contributed by atoms with Gasteiger partial charge in [0.2, 0.25) is 16.0 Å². The lowest BCUT2D eigenvalue weighted by Gasteiger charge is -2.19. The van der Waals surface area contributed by atoms with Gasteiger partial charge in [0, 0.05) is 24.6 Å². The number of nitrogens with one attached hydrogen (secondary N) is 1. The van der Waals surface area contributed by atoms with E-state index in [9.17, 15) is 8.42 Å². The molecule has 0 saturated heterocycles. The smallest absolute Gasteiger partial charge is 0.238 e. The number of nitrogens with zero attached hydrogens (tertiary/aromatic N) is 3. The maximum Gasteiger partial charge on any atom is 0.238 e. The van der Waals surface area contributed by atoms with Crippen LogP contribution in [0, 0.1) is 0 Å². The number of primary sulfonamides is 1. The van der Waals surface area contributed by atoms with E-state index in [1.807, 2.05) is 24.1 Å². The minimum atomic E-state index is -3.86. The highest BCUT2D eigenvalue weighted by atomic mass is 32.2. The van der Waals surface area contributed by atoms with Crippen molar-refractivity contribution in [2.45, 2.75) is 4.90 Å². The van der Waals surface area contributed by atoms with Crippen molar-refractivity contribution in [1.82, 2.24) is 9.97 Å². The Morgan fingerprint density at radius 3 is 2.46 bits per heavy atom. The summed E-state index contributed by atoms with van der Waals surface area (Å²) in [5.74, 6) is 1.32. The summed E-state index contributed by atoms with van der Waals surface area (Å²) in [6.07, 6.45) is 1.59. The molecule has 0 unspecified atom stereocenters. The molecule has 0 radical (unpaired) electrons. The zero-order valence-corrected chi connectivity index (χ0v) is 16.1. The molecule has 2 aromatic carbocycles. The van der Waals surface area contributed by atoms with Crippen molar-refractivity contribution in [2.75, 3.05) is 30.1 Å². The molecule has 146 valence electrons. The lowest BCUT2D eigenvalue weighted by Crippen LogP contribution is -2.13. The van der Waals surface area contributed by atoms with Gasteiger partial charge in [-0.2, -0.15) is 4.98 Å². The summed E-state index contributed by atoms with van der Waals surface area (Å²) >= 11 is 0. The zero-order valence-electron chi connectivity index (χ0n) is 15.3. The minimum absolute atomic E-state index is 0.0500. The first-order chi connectivity index (χ1) is 13.3. The topological polar surface area (TPSA) is 136 Å². The Morgan fingerprint density at radius 1 is 1.11 bits per heavy atom. The van der Waals surface area contributed by atoms with Crippen LogP contribution in [0.15, 0.2) is 59.6 Å². The molecular weight excluding hydrogens is 380 g/mol. The highest BCUT2D eigenvalue weighted by Gasteiger charge is 2.14. The number of methoxy groups -OCH3 is 1. The third kappa shape index (κ3) is 4.30. The highest BCUT2D eigenvalue weighted by Crippen LogP contribution is 2.30. The van der Waals surface area contributed by atoms with E-state index >= 15 is 0 Å². The molecule has 0 atom stereocenters. The van der Waals surface area contributed by atoms with E-state index in [0.29, 0.717) is 22.9 Å². The molecule has 5 N–H and O–H groups in total. The van der Waals surface area contributed by atoms with Crippen LogP contribution in [0.4, 0.5) is 28.8 Å². The summed E-state index contributed by atoms with van der Waals surface area (Å²) in [6, 6.07) is 13.4. The van der Waals surface area contributed by atoms with Crippen LogP contribution in [0.3, 0.4) is 0 Å². The second-order valence-electron chi connectivity index (χ2n) is 5.92. The summed E-state index contributed by atoms with van der Waals surface area (Å²) in [5.41, 5.74) is 7.67. The third-order valence-corrected chi connectivity index (χ3v) is 4.92. The van der Waals surface area contributed by atoms with Gasteiger partial charge in [-0.25, -0.2) is 18.5 Å². The molecule has 1 aromatic heterocycles. The molecule has 0 aliphatic heterocycles. The van der Waals surface area contributed by atoms with E-state index < -0.39 is 10.0 Å². The number of anilines is 5. The monoisotopic (exact) mass is 400 g/mol. The van der Waals surface area contributed by atoms with Gasteiger partial charge in [0.25, 0.3) is 0 Å². The third-order valence-electron chi connectivity index (χ3n) is 4.01. The molecule has 0 bridgehead atoms. The summed E-state index contributed by atoms with van der Waals surface area (Å²) < 4.78 is 28.5. The largest absolute Gasteiger partial charge is 0.495 e. The van der Waals surface area contributed by atoms with Crippen LogP contribution in [-0.2, 0) is 10.0 Å². The van der Waals surface area contributed by atoms with Crippen molar-refractivity contribution in [3.05, 3.63) is 54.7 Å². The van der Waals surface area contributed by atoms with Crippen LogP contribution < -0.4 is 25.8 Å². The average molecular weight is 400 g/mol. The Hall–Kier alpha value is -3.37. The van der Waals surface area contributed by atoms with Crippen molar-refractivity contribution >= 4 is 38.9 Å². The van der Waals surface area contributed by atoms with Gasteiger partial charge in [0.1, 0.15) is 11.6 Å². The van der Waals surface area contributed by atoms with Gasteiger partial charge in [-0.1, -0.05) is 0 Å². The lowest BCUT2D eigenvalue weighted by atomic mass is 10.2. The highest BCUT2D eigenvalue weighted by molar-refractivity contribution is 7.89. The number of nitrogens with two attached hydrogens (primary N) is 2. The van der Waals surface area contributed by atoms with Crippen LogP contribution in [0.5, 0.6) is 5.75 Å². The quantitative estimate of drug-likeness (QED) is 0.536. The van der Waals surface area contributed by atoms with Gasteiger partial charge in [0.15, 0.2) is 0 Å². The Bertz CT molecular complexity index is 1090. The summed E-state index contributed by atoms with van der Waals surface area (Å²) in [6.45, 7) is 0. The van der Waals surface area contributed by atoms with Gasteiger partial charge in [-0.3, -0.25) is 0 Å². The second kappa shape index (κ2) is 7.71. The number of nitrogen functional groups attached to an aromatic ring is 1. The molecule has 10 heteroatoms. The van der Waals surface area contributed by atoms with Crippen LogP contribution in [-0.4, -0.2) is 32.5 Å². The number of sulfonamides is 1. The first-order valence-corrected chi connectivity index (χ1v) is 9.73. The molecule has 0 amide bonds. The van der Waals surface area contributed by atoms with Crippen LogP contribution in [0.25, 0.3) is 0 Å². The van der Waals surface area contributed by atoms with Crippen molar-refractivity contribution in [3.63, 3.8) is 0 Å². The number of ether oxygens (including phenoxy) is 1. The van der Waals surface area contributed by atoms with E-state index in [0.717, 1.165) is 5.69 Å². The number of benzene rings is 2. The predicted octanol–water partition coefficient (Wildman–Crippen LogP) is 2.23. The number of hydrogen-bond donors (Lipinski definition) is 3. The van der Waals surface area contributed by atoms with Gasteiger partial charge >= 0.3 is 0 Å². The minimum Gasteiger partial charge on any atom is -0.495 e. The number of rotatable bonds is 6. The summed E-state index contributed by atoms with van der Waals surface area (Å²) in [4.78, 5) is 10.5. The molecule has 1 heterocycles. The van der Waals surface area contributed by atoms with E-state index in [-0.39, 0.29) is 10.8 Å². The molecule has 3 rings (SSSR count). The molecule has 0 aliphatic rings. The van der Waals surface area contributed by atoms with Crippen LogP contribution in [0.1, 0.15) is 0 Å². The van der Waals surface area contributed by atoms with Gasteiger partial charge in [-0.05, 0) is 48.5 Å². The van der Waals surface area contributed by atoms with E-state index in [1.54, 1.807) is 24.4 Å². The molecular formula is C18H20N6O3S. The zero-order chi connectivity index (χ0) is 20.3. The fourth-order valence-electron chi connectivity index (χ4n) is 2.51. The maximum absolute atomic E-state index is 11.6. The van der Waals surface area contributed by atoms with Crippen LogP contribution >= 0.6 is 0 Å². The Labute approximate surface area is 163 Å². The normalized spacial score (nSPS) is 11.1. The number of aromatic nitrogens is 2. The Morgan fingerprint density at radius 2 is 1.82 bits per heavy atom. The molecule has 0 spiro atoms. The SMILES string of the molecule is COc1ccc(S(N)(=O)=O)cc1Nc1nccc(N(C)c2ccc(N)cc2)n1. The fourth-order valence-corrected chi connectivity index (χ4v) is 3.05. The molecule has 3 aromatic rings. The maximum atomic E-state index is 11.6. The standard InChI is InChI=1S/C18H20N6O3S/c1-24(13-5-3-12(19)4-6-13)17-9-10-21-18(23-17)22-15-11-14(28(20,25)26)7-8-16(15)27-2/h3-11H,19H2,1-2H3,(H2,20,25,26)(H,21,22,23). The molecule has 9 nitrogen and oxygen atoms in total. The number of hydrogen-bond acceptors (Lipinski definition) is 8. The molecule has 0 fully saturated rings. The summed E-state index contributed by atoms with van der Waals surface area (Å²) in [7, 11) is -0.522. The lowest BCUT2D eigenvalue weighted by molar-refractivity contribution is 0.416. The van der Waals surface area contributed by atoms with Crippen LogP contribution in [0.2, 0.25) is 0 Å². The summed E-state index contributed by atoms with van der Waals surface area (Å²) in [5, 5.41) is 8.18. The van der Waals surface area contributed by atoms with Gasteiger partial charge in [-0.15, -0.1) is 0 Å². The first kappa shape index (κ1) is 19.4. The van der Waals surface area contributed by atoms with Gasteiger partial charge in [0.05, 0.1) is 17.7 Å². The fraction of sp³-hybridized carbons (Fsp3) is 0.111. The Balaban J connectivity index is 1.92.